The molecule has 0 spiro atoms. The molecule has 1 saturated heterocycles. The maximum atomic E-state index is 10.6. The first kappa shape index (κ1) is 14.0. The van der Waals surface area contributed by atoms with Crippen LogP contribution in [0, 0.1) is 16.0 Å². The molecule has 5 heteroatoms. The quantitative estimate of drug-likeness (QED) is 0.649. The molecule has 0 radical (unpaired) electrons. The van der Waals surface area contributed by atoms with E-state index in [-0.39, 0.29) is 10.6 Å². The molecule has 0 aromatic heterocycles. The predicted molar refractivity (Wildman–Crippen MR) is 75.0 cm³/mol. The molecule has 2 rings (SSSR count). The van der Waals surface area contributed by atoms with Crippen LogP contribution in [0.2, 0.25) is 0 Å². The Labute approximate surface area is 113 Å². The molecular formula is C14H21N3O2. The lowest BCUT2D eigenvalue weighted by Crippen LogP contribution is -2.37. The van der Waals surface area contributed by atoms with Crippen LogP contribution in [0.4, 0.5) is 5.69 Å². The van der Waals surface area contributed by atoms with E-state index in [1.54, 1.807) is 12.1 Å². The standard InChI is InChI=1S/C14H21N3O2/c15-11-13-6-9-16(10-7-13)8-5-12-1-3-14(4-2-12)17(18)19/h1-4,13H,5-11,15H2. The van der Waals surface area contributed by atoms with E-state index in [0.717, 1.165) is 38.2 Å². The highest BCUT2D eigenvalue weighted by Gasteiger charge is 2.17. The van der Waals surface area contributed by atoms with E-state index in [1.807, 2.05) is 12.1 Å². The van der Waals surface area contributed by atoms with Crippen molar-refractivity contribution in [1.82, 2.24) is 4.90 Å². The molecule has 5 nitrogen and oxygen atoms in total. The van der Waals surface area contributed by atoms with E-state index in [2.05, 4.69) is 4.90 Å². The normalized spacial score (nSPS) is 17.5. The maximum absolute atomic E-state index is 10.6. The van der Waals surface area contributed by atoms with Gasteiger partial charge in [-0.1, -0.05) is 12.1 Å². The number of nitro groups is 1. The van der Waals surface area contributed by atoms with Crippen molar-refractivity contribution >= 4 is 5.69 Å². The molecule has 0 amide bonds. The molecule has 0 aliphatic carbocycles. The van der Waals surface area contributed by atoms with Crippen molar-refractivity contribution in [2.24, 2.45) is 11.7 Å². The van der Waals surface area contributed by atoms with Crippen molar-refractivity contribution in [3.8, 4) is 0 Å². The largest absolute Gasteiger partial charge is 0.330 e. The molecule has 0 bridgehead atoms. The average Bonchev–Trinajstić information content (AvgIpc) is 2.46. The lowest BCUT2D eigenvalue weighted by molar-refractivity contribution is -0.384. The number of rotatable bonds is 5. The summed E-state index contributed by atoms with van der Waals surface area (Å²) in [5.41, 5.74) is 7.00. The zero-order chi connectivity index (χ0) is 13.7. The van der Waals surface area contributed by atoms with Crippen LogP contribution in [0.3, 0.4) is 0 Å². The number of likely N-dealkylation sites (tertiary alicyclic amines) is 1. The first-order chi connectivity index (χ1) is 9.19. The fourth-order valence-electron chi connectivity index (χ4n) is 2.52. The molecule has 1 aromatic rings. The van der Waals surface area contributed by atoms with Crippen molar-refractivity contribution in [2.45, 2.75) is 19.3 Å². The monoisotopic (exact) mass is 263 g/mol. The Kier molecular flexibility index (Phi) is 4.87. The topological polar surface area (TPSA) is 72.4 Å². The van der Waals surface area contributed by atoms with Gasteiger partial charge in [-0.15, -0.1) is 0 Å². The molecule has 0 saturated carbocycles. The SMILES string of the molecule is NCC1CCN(CCc2ccc([N+](=O)[O-])cc2)CC1. The smallest absolute Gasteiger partial charge is 0.269 e. The minimum Gasteiger partial charge on any atom is -0.330 e. The van der Waals surface area contributed by atoms with Crippen molar-refractivity contribution in [3.05, 3.63) is 39.9 Å². The Hall–Kier alpha value is -1.46. The third kappa shape index (κ3) is 4.01. The highest BCUT2D eigenvalue weighted by atomic mass is 16.6. The fraction of sp³-hybridized carbons (Fsp3) is 0.571. The number of nitrogens with zero attached hydrogens (tertiary/aromatic N) is 2. The van der Waals surface area contributed by atoms with Crippen LogP contribution in [0.5, 0.6) is 0 Å². The van der Waals surface area contributed by atoms with Crippen molar-refractivity contribution in [2.75, 3.05) is 26.2 Å². The highest BCUT2D eigenvalue weighted by molar-refractivity contribution is 5.32. The summed E-state index contributed by atoms with van der Waals surface area (Å²) >= 11 is 0. The minimum atomic E-state index is -0.360. The third-order valence-corrected chi connectivity index (χ3v) is 3.90. The molecule has 1 fully saturated rings. The summed E-state index contributed by atoms with van der Waals surface area (Å²) in [7, 11) is 0. The number of hydrogen-bond acceptors (Lipinski definition) is 4. The predicted octanol–water partition coefficient (Wildman–Crippen LogP) is 1.81. The van der Waals surface area contributed by atoms with E-state index in [4.69, 9.17) is 5.73 Å². The van der Waals surface area contributed by atoms with Crippen LogP contribution in [0.15, 0.2) is 24.3 Å². The number of hydrogen-bond donors (Lipinski definition) is 1. The second-order valence-corrected chi connectivity index (χ2v) is 5.19. The second kappa shape index (κ2) is 6.63. The number of nitrogens with two attached hydrogens (primary N) is 1. The number of non-ortho nitro benzene ring substituents is 1. The van der Waals surface area contributed by atoms with Gasteiger partial charge in [0.15, 0.2) is 0 Å². The van der Waals surface area contributed by atoms with Gasteiger partial charge in [0, 0.05) is 18.7 Å². The molecule has 0 unspecified atom stereocenters. The molecule has 1 aromatic carbocycles. The summed E-state index contributed by atoms with van der Waals surface area (Å²) in [4.78, 5) is 12.7. The summed E-state index contributed by atoms with van der Waals surface area (Å²) in [5.74, 6) is 0.690. The van der Waals surface area contributed by atoms with Gasteiger partial charge >= 0.3 is 0 Å². The average molecular weight is 263 g/mol. The van der Waals surface area contributed by atoms with Crippen LogP contribution in [-0.2, 0) is 6.42 Å². The lowest BCUT2D eigenvalue weighted by atomic mass is 9.97. The van der Waals surface area contributed by atoms with Crippen LogP contribution in [-0.4, -0.2) is 36.0 Å². The van der Waals surface area contributed by atoms with Crippen LogP contribution < -0.4 is 5.73 Å². The molecular weight excluding hydrogens is 242 g/mol. The third-order valence-electron chi connectivity index (χ3n) is 3.90. The zero-order valence-corrected chi connectivity index (χ0v) is 11.1. The second-order valence-electron chi connectivity index (χ2n) is 5.19. The van der Waals surface area contributed by atoms with Gasteiger partial charge in [0.25, 0.3) is 5.69 Å². The van der Waals surface area contributed by atoms with Gasteiger partial charge in [-0.3, -0.25) is 10.1 Å². The number of benzene rings is 1. The van der Waals surface area contributed by atoms with Crippen LogP contribution >= 0.6 is 0 Å². The van der Waals surface area contributed by atoms with Crippen molar-refractivity contribution in [3.63, 3.8) is 0 Å². The molecule has 2 N–H and O–H groups in total. The summed E-state index contributed by atoms with van der Waals surface area (Å²) in [6, 6.07) is 6.86. The van der Waals surface area contributed by atoms with Gasteiger partial charge in [-0.25, -0.2) is 0 Å². The van der Waals surface area contributed by atoms with E-state index < -0.39 is 0 Å². The number of nitro benzene ring substituents is 1. The van der Waals surface area contributed by atoms with E-state index in [1.165, 1.54) is 12.8 Å². The Bertz CT molecular complexity index is 411. The van der Waals surface area contributed by atoms with Gasteiger partial charge < -0.3 is 10.6 Å². The van der Waals surface area contributed by atoms with Gasteiger partial charge in [0.1, 0.15) is 0 Å². The molecule has 0 atom stereocenters. The van der Waals surface area contributed by atoms with Gasteiger partial charge in [-0.05, 0) is 50.4 Å². The first-order valence-corrected chi connectivity index (χ1v) is 6.85. The summed E-state index contributed by atoms with van der Waals surface area (Å²) < 4.78 is 0. The molecule has 1 aliphatic rings. The minimum absolute atomic E-state index is 0.160. The van der Waals surface area contributed by atoms with E-state index in [9.17, 15) is 10.1 Å². The molecule has 1 heterocycles. The molecule has 104 valence electrons. The fourth-order valence-corrected chi connectivity index (χ4v) is 2.52. The Morgan fingerprint density at radius 2 is 1.89 bits per heavy atom. The summed E-state index contributed by atoms with van der Waals surface area (Å²) in [6.07, 6.45) is 3.33. The Morgan fingerprint density at radius 1 is 1.26 bits per heavy atom. The molecule has 19 heavy (non-hydrogen) atoms. The van der Waals surface area contributed by atoms with Crippen molar-refractivity contribution in [1.29, 1.82) is 0 Å². The highest BCUT2D eigenvalue weighted by Crippen LogP contribution is 2.17. The first-order valence-electron chi connectivity index (χ1n) is 6.85. The van der Waals surface area contributed by atoms with Crippen molar-refractivity contribution < 1.29 is 4.92 Å². The van der Waals surface area contributed by atoms with Crippen LogP contribution in [0.25, 0.3) is 0 Å². The summed E-state index contributed by atoms with van der Waals surface area (Å²) in [6.45, 7) is 4.06. The zero-order valence-electron chi connectivity index (χ0n) is 11.1. The maximum Gasteiger partial charge on any atom is 0.269 e. The Balaban J connectivity index is 1.78. The van der Waals surface area contributed by atoms with Crippen LogP contribution in [0.1, 0.15) is 18.4 Å². The lowest BCUT2D eigenvalue weighted by Gasteiger charge is -2.31. The van der Waals surface area contributed by atoms with Gasteiger partial charge in [0.2, 0.25) is 0 Å². The Morgan fingerprint density at radius 3 is 2.42 bits per heavy atom. The van der Waals surface area contributed by atoms with E-state index >= 15 is 0 Å². The van der Waals surface area contributed by atoms with Gasteiger partial charge in [-0.2, -0.15) is 0 Å². The summed E-state index contributed by atoms with van der Waals surface area (Å²) in [5, 5.41) is 10.6. The van der Waals surface area contributed by atoms with E-state index in [0.29, 0.717) is 5.92 Å². The van der Waals surface area contributed by atoms with Gasteiger partial charge in [0.05, 0.1) is 4.92 Å². The molecule has 1 aliphatic heterocycles. The number of piperidine rings is 1.